The summed E-state index contributed by atoms with van der Waals surface area (Å²) >= 11 is 0. The van der Waals surface area contributed by atoms with Gasteiger partial charge in [0.25, 0.3) is 0 Å². The van der Waals surface area contributed by atoms with Crippen molar-refractivity contribution < 1.29 is 26.2 Å². The van der Waals surface area contributed by atoms with Gasteiger partial charge < -0.3 is 5.11 Å². The quantitative estimate of drug-likeness (QED) is 0.196. The molecule has 0 aliphatic carbocycles. The molecule has 0 saturated heterocycles. The van der Waals surface area contributed by atoms with E-state index in [1.54, 1.807) is 18.3 Å². The first-order valence-electron chi connectivity index (χ1n) is 12.3. The maximum Gasteiger partial charge on any atom is 0.148 e. The van der Waals surface area contributed by atoms with Crippen molar-refractivity contribution in [3.8, 4) is 51.3 Å². The predicted molar refractivity (Wildman–Crippen MR) is 150 cm³/mol. The van der Waals surface area contributed by atoms with E-state index in [2.05, 4.69) is 59.8 Å². The number of rotatable bonds is 4. The van der Waals surface area contributed by atoms with Crippen LogP contribution in [0.2, 0.25) is 0 Å². The number of aromatic hydroxyl groups is 1. The molecule has 5 nitrogen and oxygen atoms in total. The van der Waals surface area contributed by atoms with E-state index in [0.717, 1.165) is 50.2 Å². The zero-order valence-corrected chi connectivity index (χ0v) is 23.6. The number of aromatic nitrogens is 3. The Morgan fingerprint density at radius 3 is 2.21 bits per heavy atom. The molecule has 2 heterocycles. The molecule has 0 unspecified atom stereocenters. The van der Waals surface area contributed by atoms with E-state index < -0.39 is 0 Å². The number of hydrogen-bond donors (Lipinski definition) is 1. The SMILES string of the molecule is Cc1cccc(C)c1-n1c(-c2ccccc2O)nc2c(-c3[c-]c(-c4ccc(C#N)cn4)ccc3)cccc21.[Pt]. The van der Waals surface area contributed by atoms with Crippen molar-refractivity contribution in [3.63, 3.8) is 0 Å². The van der Waals surface area contributed by atoms with Gasteiger partial charge in [0, 0.05) is 33.0 Å². The van der Waals surface area contributed by atoms with Crippen LogP contribution in [0, 0.1) is 31.2 Å². The summed E-state index contributed by atoms with van der Waals surface area (Å²) in [5.74, 6) is 0.852. The molecule has 0 atom stereocenters. The summed E-state index contributed by atoms with van der Waals surface area (Å²) in [6.45, 7) is 4.18. The molecule has 0 saturated carbocycles. The fourth-order valence-corrected chi connectivity index (χ4v) is 4.94. The van der Waals surface area contributed by atoms with Gasteiger partial charge in [-0.25, -0.2) is 4.98 Å². The second kappa shape index (κ2) is 10.7. The number of para-hydroxylation sites is 3. The number of phenolic OH excluding ortho intramolecular Hbond substituents is 1. The number of fused-ring (bicyclic) bond motifs is 1. The van der Waals surface area contributed by atoms with Gasteiger partial charge in [-0.3, -0.25) is 9.55 Å². The summed E-state index contributed by atoms with van der Waals surface area (Å²) in [4.78, 5) is 9.58. The smallest absolute Gasteiger partial charge is 0.148 e. The van der Waals surface area contributed by atoms with Crippen molar-refractivity contribution >= 4 is 11.0 Å². The van der Waals surface area contributed by atoms with E-state index in [4.69, 9.17) is 10.2 Å². The number of phenols is 1. The van der Waals surface area contributed by atoms with Gasteiger partial charge >= 0.3 is 0 Å². The van der Waals surface area contributed by atoms with Gasteiger partial charge in [0.2, 0.25) is 0 Å². The van der Waals surface area contributed by atoms with Crippen molar-refractivity contribution in [1.82, 2.24) is 14.5 Å². The molecule has 0 radical (unpaired) electrons. The first-order chi connectivity index (χ1) is 18.5. The summed E-state index contributed by atoms with van der Waals surface area (Å²) in [7, 11) is 0. The molecule has 4 aromatic carbocycles. The molecule has 0 spiro atoms. The first kappa shape index (κ1) is 26.1. The molecule has 0 aliphatic rings. The van der Waals surface area contributed by atoms with Crippen LogP contribution in [0.3, 0.4) is 0 Å². The Balaban J connectivity index is 0.00000308. The molecule has 0 amide bonds. The van der Waals surface area contributed by atoms with Gasteiger partial charge in [-0.05, 0) is 49.2 Å². The van der Waals surface area contributed by atoms with Gasteiger partial charge in [0.05, 0.1) is 27.8 Å². The number of imidazole rings is 1. The second-order valence-electron chi connectivity index (χ2n) is 9.22. The second-order valence-corrected chi connectivity index (χ2v) is 9.22. The van der Waals surface area contributed by atoms with E-state index >= 15 is 0 Å². The largest absolute Gasteiger partial charge is 0.507 e. The molecule has 0 fully saturated rings. The minimum atomic E-state index is 0. The number of aryl methyl sites for hydroxylation is 2. The predicted octanol–water partition coefficient (Wildman–Crippen LogP) is 7.41. The summed E-state index contributed by atoms with van der Waals surface area (Å²) in [5.41, 5.74) is 9.61. The molecule has 39 heavy (non-hydrogen) atoms. The van der Waals surface area contributed by atoms with E-state index in [1.165, 1.54) is 0 Å². The normalized spacial score (nSPS) is 10.7. The molecular formula is C33H23N4OPt-. The Morgan fingerprint density at radius 2 is 1.49 bits per heavy atom. The van der Waals surface area contributed by atoms with Crippen molar-refractivity contribution in [3.05, 3.63) is 120 Å². The molecule has 2 aromatic heterocycles. The van der Waals surface area contributed by atoms with Crippen LogP contribution in [-0.2, 0) is 21.1 Å². The molecule has 6 heteroatoms. The number of hydrogen-bond acceptors (Lipinski definition) is 4. The van der Waals surface area contributed by atoms with Gasteiger partial charge in [-0.15, -0.1) is 29.8 Å². The Labute approximate surface area is 241 Å². The van der Waals surface area contributed by atoms with Gasteiger partial charge in [0.15, 0.2) is 0 Å². The zero-order chi connectivity index (χ0) is 26.2. The number of pyridine rings is 1. The third-order valence-electron chi connectivity index (χ3n) is 6.75. The monoisotopic (exact) mass is 686 g/mol. The molecule has 6 aromatic rings. The maximum absolute atomic E-state index is 10.8. The molecule has 0 bridgehead atoms. The third-order valence-corrected chi connectivity index (χ3v) is 6.75. The average molecular weight is 687 g/mol. The Bertz CT molecular complexity index is 1850. The van der Waals surface area contributed by atoms with Crippen LogP contribution >= 0.6 is 0 Å². The minimum absolute atomic E-state index is 0. The van der Waals surface area contributed by atoms with Crippen LogP contribution in [0.15, 0.2) is 97.2 Å². The van der Waals surface area contributed by atoms with Gasteiger partial charge in [-0.2, -0.15) is 5.26 Å². The van der Waals surface area contributed by atoms with Crippen LogP contribution in [0.1, 0.15) is 16.7 Å². The Hall–Kier alpha value is -4.52. The maximum atomic E-state index is 10.8. The van der Waals surface area contributed by atoms with E-state index in [0.29, 0.717) is 17.0 Å². The zero-order valence-electron chi connectivity index (χ0n) is 21.3. The van der Waals surface area contributed by atoms with Crippen LogP contribution in [0.5, 0.6) is 5.75 Å². The molecule has 1 N–H and O–H groups in total. The number of nitriles is 1. The van der Waals surface area contributed by atoms with E-state index in [9.17, 15) is 5.11 Å². The standard InChI is InChI=1S/C33H23N4O.Pt/c1-21-8-5-9-22(2)32(21)37-29-14-7-13-26(31(29)36-33(37)27-12-3-4-15-30(27)38)24-10-6-11-25(18-24)28-17-16-23(19-34)20-35-28;/h3-17,20,38H,1-2H3;/q-1;. The topological polar surface area (TPSA) is 74.7 Å². The summed E-state index contributed by atoms with van der Waals surface area (Å²) in [6, 6.07) is 34.8. The Morgan fingerprint density at radius 1 is 0.795 bits per heavy atom. The minimum Gasteiger partial charge on any atom is -0.507 e. The fourth-order valence-electron chi connectivity index (χ4n) is 4.94. The summed E-state index contributed by atoms with van der Waals surface area (Å²) < 4.78 is 2.14. The van der Waals surface area contributed by atoms with Crippen LogP contribution in [0.25, 0.3) is 50.5 Å². The van der Waals surface area contributed by atoms with E-state index in [-0.39, 0.29) is 26.8 Å². The van der Waals surface area contributed by atoms with Crippen molar-refractivity contribution in [1.29, 1.82) is 5.26 Å². The number of benzene rings is 4. The van der Waals surface area contributed by atoms with Gasteiger partial charge in [0.1, 0.15) is 17.6 Å². The number of nitrogens with zero attached hydrogens (tertiary/aromatic N) is 4. The van der Waals surface area contributed by atoms with Crippen LogP contribution < -0.4 is 0 Å². The summed E-state index contributed by atoms with van der Waals surface area (Å²) in [6.07, 6.45) is 1.57. The molecular weight excluding hydrogens is 663 g/mol. The van der Waals surface area contributed by atoms with Crippen LogP contribution in [-0.4, -0.2) is 19.6 Å². The first-order valence-corrected chi connectivity index (χ1v) is 12.3. The van der Waals surface area contributed by atoms with Crippen molar-refractivity contribution in [2.75, 3.05) is 0 Å². The average Bonchev–Trinajstić information content (AvgIpc) is 3.32. The Kier molecular flexibility index (Phi) is 7.15. The van der Waals surface area contributed by atoms with Crippen molar-refractivity contribution in [2.24, 2.45) is 0 Å². The van der Waals surface area contributed by atoms with Gasteiger partial charge in [-0.1, -0.05) is 59.7 Å². The van der Waals surface area contributed by atoms with Crippen LogP contribution in [0.4, 0.5) is 0 Å². The third kappa shape index (κ3) is 4.65. The molecule has 192 valence electrons. The molecule has 6 rings (SSSR count). The summed E-state index contributed by atoms with van der Waals surface area (Å²) in [5, 5.41) is 19.9. The molecule has 0 aliphatic heterocycles. The van der Waals surface area contributed by atoms with Crippen molar-refractivity contribution in [2.45, 2.75) is 13.8 Å². The van der Waals surface area contributed by atoms with E-state index in [1.807, 2.05) is 54.6 Å². The fraction of sp³-hybridized carbons (Fsp3) is 0.0606.